The molecule has 0 aliphatic heterocycles. The molecule has 142 valence electrons. The van der Waals surface area contributed by atoms with Crippen LogP contribution in [-0.4, -0.2) is 9.97 Å². The zero-order valence-corrected chi connectivity index (χ0v) is 16.8. The Bertz CT molecular complexity index is 1230. The number of aromatic nitrogens is 2. The zero-order chi connectivity index (χ0) is 19.8. The topological polar surface area (TPSA) is 57.8 Å². The third-order valence-corrected chi connectivity index (χ3v) is 5.82. The summed E-state index contributed by atoms with van der Waals surface area (Å²) < 4.78 is 13.6. The Morgan fingerprint density at radius 3 is 2.82 bits per heavy atom. The summed E-state index contributed by atoms with van der Waals surface area (Å²) >= 11 is 7.54. The second-order valence-corrected chi connectivity index (χ2v) is 7.82. The van der Waals surface area contributed by atoms with Gasteiger partial charge in [0.2, 0.25) is 0 Å². The van der Waals surface area contributed by atoms with Crippen LogP contribution in [0.1, 0.15) is 24.1 Å². The summed E-state index contributed by atoms with van der Waals surface area (Å²) in [6.07, 6.45) is 1.74. The Morgan fingerprint density at radius 1 is 1.25 bits per heavy atom. The fourth-order valence-corrected chi connectivity index (χ4v) is 4.20. The highest BCUT2D eigenvalue weighted by Crippen LogP contribution is 2.29. The number of benzene rings is 1. The van der Waals surface area contributed by atoms with E-state index < -0.39 is 5.82 Å². The molecule has 0 saturated heterocycles. The number of thiophene rings is 1. The fourth-order valence-electron chi connectivity index (χ4n) is 3.17. The number of rotatable bonds is 4. The number of anilines is 1. The maximum Gasteiger partial charge on any atom is 0.253 e. The minimum Gasteiger partial charge on any atom is -0.363 e. The van der Waals surface area contributed by atoms with E-state index in [1.807, 2.05) is 19.1 Å². The van der Waals surface area contributed by atoms with E-state index in [1.165, 1.54) is 23.3 Å². The molecule has 0 spiro atoms. The van der Waals surface area contributed by atoms with Crippen molar-refractivity contribution in [1.29, 1.82) is 0 Å². The summed E-state index contributed by atoms with van der Waals surface area (Å²) in [5.74, 6) is 0.112. The maximum atomic E-state index is 13.6. The van der Waals surface area contributed by atoms with Crippen LogP contribution in [-0.2, 0) is 0 Å². The van der Waals surface area contributed by atoms with Crippen molar-refractivity contribution in [2.75, 3.05) is 5.32 Å². The van der Waals surface area contributed by atoms with Crippen molar-refractivity contribution in [3.8, 4) is 11.1 Å². The van der Waals surface area contributed by atoms with E-state index in [-0.39, 0.29) is 16.6 Å². The van der Waals surface area contributed by atoms with Gasteiger partial charge in [-0.2, -0.15) is 11.3 Å². The van der Waals surface area contributed by atoms with Crippen molar-refractivity contribution < 1.29 is 4.39 Å². The number of nitrogens with one attached hydrogen (secondary N) is 2. The van der Waals surface area contributed by atoms with Gasteiger partial charge in [-0.3, -0.25) is 4.79 Å². The normalized spacial score (nSPS) is 12.3. The number of halogens is 2. The molecule has 3 aromatic heterocycles. The van der Waals surface area contributed by atoms with E-state index >= 15 is 0 Å². The lowest BCUT2D eigenvalue weighted by Crippen LogP contribution is -2.19. The molecule has 0 aliphatic carbocycles. The Labute approximate surface area is 170 Å². The summed E-state index contributed by atoms with van der Waals surface area (Å²) in [6.45, 7) is 3.95. The Morgan fingerprint density at radius 2 is 2.07 bits per heavy atom. The highest BCUT2D eigenvalue weighted by molar-refractivity contribution is 7.08. The number of nitrogens with zero attached hydrogens (tertiary/aromatic N) is 1. The molecule has 0 aliphatic rings. The summed E-state index contributed by atoms with van der Waals surface area (Å²) in [6, 6.07) is 8.09. The molecule has 0 saturated carbocycles. The van der Waals surface area contributed by atoms with Crippen LogP contribution in [0.15, 0.2) is 52.1 Å². The number of hydrogen-bond donors (Lipinski definition) is 2. The maximum absolute atomic E-state index is 13.6. The van der Waals surface area contributed by atoms with E-state index in [2.05, 4.69) is 33.0 Å². The molecule has 0 amide bonds. The predicted octanol–water partition coefficient (Wildman–Crippen LogP) is 5.93. The summed E-state index contributed by atoms with van der Waals surface area (Å²) in [5, 5.41) is 8.18. The van der Waals surface area contributed by atoms with Gasteiger partial charge in [-0.1, -0.05) is 11.6 Å². The van der Waals surface area contributed by atoms with Crippen LogP contribution >= 0.6 is 22.9 Å². The first-order valence-electron chi connectivity index (χ1n) is 8.70. The first-order valence-corrected chi connectivity index (χ1v) is 10.0. The molecule has 0 fully saturated rings. The molecule has 0 bridgehead atoms. The lowest BCUT2D eigenvalue weighted by molar-refractivity contribution is 0.629. The quantitative estimate of drug-likeness (QED) is 0.436. The van der Waals surface area contributed by atoms with Gasteiger partial charge in [0.25, 0.3) is 5.56 Å². The minimum atomic E-state index is -0.562. The highest BCUT2D eigenvalue weighted by atomic mass is 35.5. The van der Waals surface area contributed by atoms with Crippen LogP contribution in [0.2, 0.25) is 5.02 Å². The Kier molecular flexibility index (Phi) is 4.91. The lowest BCUT2D eigenvalue weighted by atomic mass is 10.1. The Hall–Kier alpha value is -2.70. The fraction of sp³-hybridized carbons (Fsp3) is 0.143. The van der Waals surface area contributed by atoms with E-state index in [0.29, 0.717) is 22.3 Å². The average molecular weight is 414 g/mol. The van der Waals surface area contributed by atoms with Crippen LogP contribution in [0.25, 0.3) is 22.0 Å². The van der Waals surface area contributed by atoms with Gasteiger partial charge in [-0.05, 0) is 71.6 Å². The molecular weight excluding hydrogens is 397 g/mol. The zero-order valence-electron chi connectivity index (χ0n) is 15.2. The summed E-state index contributed by atoms with van der Waals surface area (Å²) in [4.78, 5) is 19.6. The second kappa shape index (κ2) is 7.37. The summed E-state index contributed by atoms with van der Waals surface area (Å²) in [5.41, 5.74) is 4.11. The predicted molar refractivity (Wildman–Crippen MR) is 114 cm³/mol. The third-order valence-electron chi connectivity index (χ3n) is 4.67. The minimum absolute atomic E-state index is 0.0200. The van der Waals surface area contributed by atoms with Crippen LogP contribution in [0, 0.1) is 12.7 Å². The number of pyridine rings is 2. The molecule has 7 heteroatoms. The molecule has 0 unspecified atom stereocenters. The largest absolute Gasteiger partial charge is 0.363 e. The molecule has 3 heterocycles. The van der Waals surface area contributed by atoms with Crippen LogP contribution in [0.5, 0.6) is 0 Å². The molecule has 28 heavy (non-hydrogen) atoms. The molecule has 4 aromatic rings. The number of fused-ring (bicyclic) bond motifs is 1. The highest BCUT2D eigenvalue weighted by Gasteiger charge is 2.14. The SMILES string of the molecule is Cc1cscc1-c1ccnc(N[C@@H](C)c2cc3cc(Cl)c(F)cc3[nH]c2=O)c1. The van der Waals surface area contributed by atoms with Gasteiger partial charge in [0.05, 0.1) is 16.6 Å². The van der Waals surface area contributed by atoms with Gasteiger partial charge in [0, 0.05) is 17.1 Å². The standard InChI is InChI=1S/C21H17ClFN3OS/c1-11-9-28-10-16(11)13-3-4-24-20(7-13)25-12(2)15-5-14-6-17(22)18(23)8-19(14)26-21(15)27/h3-10,12H,1-2H3,(H,24,25)(H,26,27)/t12-/m0/s1. The van der Waals surface area contributed by atoms with Gasteiger partial charge in [0.15, 0.2) is 0 Å². The first-order chi connectivity index (χ1) is 13.4. The lowest BCUT2D eigenvalue weighted by Gasteiger charge is -2.15. The first kappa shape index (κ1) is 18.7. The van der Waals surface area contributed by atoms with Gasteiger partial charge in [-0.25, -0.2) is 9.37 Å². The van der Waals surface area contributed by atoms with Crippen molar-refractivity contribution in [2.45, 2.75) is 19.9 Å². The number of hydrogen-bond acceptors (Lipinski definition) is 4. The number of aryl methyl sites for hydroxylation is 1. The van der Waals surface area contributed by atoms with Crippen LogP contribution in [0.3, 0.4) is 0 Å². The van der Waals surface area contributed by atoms with E-state index in [1.54, 1.807) is 23.6 Å². The van der Waals surface area contributed by atoms with E-state index in [4.69, 9.17) is 11.6 Å². The van der Waals surface area contributed by atoms with Crippen molar-refractivity contribution in [3.05, 3.63) is 79.6 Å². The number of aromatic amines is 1. The van der Waals surface area contributed by atoms with Gasteiger partial charge in [0.1, 0.15) is 11.6 Å². The smallest absolute Gasteiger partial charge is 0.253 e. The van der Waals surface area contributed by atoms with E-state index in [9.17, 15) is 9.18 Å². The Balaban J connectivity index is 1.66. The molecule has 4 nitrogen and oxygen atoms in total. The molecule has 1 atom stereocenters. The molecule has 4 rings (SSSR count). The van der Waals surface area contributed by atoms with Crippen LogP contribution in [0.4, 0.5) is 10.2 Å². The van der Waals surface area contributed by atoms with Gasteiger partial charge in [-0.15, -0.1) is 0 Å². The monoisotopic (exact) mass is 413 g/mol. The van der Waals surface area contributed by atoms with Gasteiger partial charge < -0.3 is 10.3 Å². The van der Waals surface area contributed by atoms with Crippen molar-refractivity contribution in [3.63, 3.8) is 0 Å². The molecular formula is C21H17ClFN3OS. The van der Waals surface area contributed by atoms with Crippen molar-refractivity contribution in [1.82, 2.24) is 9.97 Å². The van der Waals surface area contributed by atoms with Crippen molar-refractivity contribution in [2.24, 2.45) is 0 Å². The summed E-state index contributed by atoms with van der Waals surface area (Å²) in [7, 11) is 0. The molecule has 2 N–H and O–H groups in total. The van der Waals surface area contributed by atoms with Crippen LogP contribution < -0.4 is 10.9 Å². The third kappa shape index (κ3) is 3.53. The van der Waals surface area contributed by atoms with Gasteiger partial charge >= 0.3 is 0 Å². The van der Waals surface area contributed by atoms with Crippen molar-refractivity contribution >= 4 is 39.7 Å². The molecule has 1 aromatic carbocycles. The second-order valence-electron chi connectivity index (χ2n) is 6.67. The van der Waals surface area contributed by atoms with E-state index in [0.717, 1.165) is 5.56 Å². The number of H-pyrrole nitrogens is 1. The average Bonchev–Trinajstić information content (AvgIpc) is 3.09. The molecule has 0 radical (unpaired) electrons.